The number of nitrogens with one attached hydrogen (secondary N) is 2. The van der Waals surface area contributed by atoms with Crippen molar-refractivity contribution in [3.63, 3.8) is 0 Å². The first-order valence-electron chi connectivity index (χ1n) is 9.75. The lowest BCUT2D eigenvalue weighted by molar-refractivity contribution is -0.126. The van der Waals surface area contributed by atoms with Gasteiger partial charge >= 0.3 is 0 Å². The number of amides is 3. The van der Waals surface area contributed by atoms with Gasteiger partial charge in [0.05, 0.1) is 12.2 Å². The van der Waals surface area contributed by atoms with Crippen molar-refractivity contribution in [2.24, 2.45) is 0 Å². The maximum atomic E-state index is 12.6. The highest BCUT2D eigenvalue weighted by Gasteiger charge is 2.22. The van der Waals surface area contributed by atoms with Crippen LogP contribution >= 0.6 is 11.8 Å². The number of fused-ring (bicyclic) bond motifs is 1. The Hall–Kier alpha value is -2.80. The molecule has 0 aliphatic carbocycles. The molecule has 0 saturated heterocycles. The minimum Gasteiger partial charge on any atom is -0.347 e. The van der Waals surface area contributed by atoms with E-state index in [1.54, 1.807) is 16.7 Å². The molecule has 1 aliphatic heterocycles. The van der Waals surface area contributed by atoms with Crippen LogP contribution in [0, 0.1) is 0 Å². The highest BCUT2D eigenvalue weighted by molar-refractivity contribution is 7.99. The Morgan fingerprint density at radius 1 is 1.00 bits per heavy atom. The molecule has 0 atom stereocenters. The van der Waals surface area contributed by atoms with Crippen molar-refractivity contribution in [3.05, 3.63) is 54.1 Å². The van der Waals surface area contributed by atoms with Crippen LogP contribution in [-0.4, -0.2) is 36.6 Å². The fourth-order valence-corrected chi connectivity index (χ4v) is 4.19. The lowest BCUT2D eigenvalue weighted by Crippen LogP contribution is -2.37. The standard InChI is InChI=1S/C22H25N3O3S/c1-2-16-7-3-4-8-17(16)24-21(27)15-23-20(26)11-12-22(28)25-13-14-29-19-10-6-5-9-18(19)25/h3-10H,2,11-15H2,1H3,(H,23,26)(H,24,27). The minimum absolute atomic E-state index is 0.0590. The van der Waals surface area contributed by atoms with Crippen molar-refractivity contribution in [2.45, 2.75) is 31.1 Å². The maximum absolute atomic E-state index is 12.6. The first kappa shape index (κ1) is 20.9. The molecule has 6 nitrogen and oxygen atoms in total. The number of carbonyl (C=O) groups is 3. The van der Waals surface area contributed by atoms with Gasteiger partial charge in [0, 0.05) is 35.7 Å². The molecular formula is C22H25N3O3S. The fourth-order valence-electron chi connectivity index (χ4n) is 3.20. The molecule has 0 fully saturated rings. The minimum atomic E-state index is -0.308. The van der Waals surface area contributed by atoms with Crippen molar-refractivity contribution in [1.29, 1.82) is 0 Å². The Balaban J connectivity index is 1.44. The highest BCUT2D eigenvalue weighted by atomic mass is 32.2. The number of hydrogen-bond acceptors (Lipinski definition) is 4. The van der Waals surface area contributed by atoms with E-state index < -0.39 is 0 Å². The average Bonchev–Trinajstić information content (AvgIpc) is 2.76. The molecule has 2 aromatic rings. The summed E-state index contributed by atoms with van der Waals surface area (Å²) in [4.78, 5) is 39.6. The van der Waals surface area contributed by atoms with E-state index >= 15 is 0 Å². The van der Waals surface area contributed by atoms with Crippen molar-refractivity contribution in [1.82, 2.24) is 5.32 Å². The Morgan fingerprint density at radius 3 is 2.59 bits per heavy atom. The molecule has 0 unspecified atom stereocenters. The van der Waals surface area contributed by atoms with Gasteiger partial charge in [-0.25, -0.2) is 0 Å². The maximum Gasteiger partial charge on any atom is 0.243 e. The summed E-state index contributed by atoms with van der Waals surface area (Å²) in [5.74, 6) is 0.174. The number of para-hydroxylation sites is 2. The zero-order chi connectivity index (χ0) is 20.6. The van der Waals surface area contributed by atoms with Crippen LogP contribution < -0.4 is 15.5 Å². The molecule has 0 aromatic heterocycles. The second-order valence-corrected chi connectivity index (χ2v) is 7.83. The Morgan fingerprint density at radius 2 is 1.76 bits per heavy atom. The van der Waals surface area contributed by atoms with Gasteiger partial charge in [-0.15, -0.1) is 11.8 Å². The van der Waals surface area contributed by atoms with E-state index in [0.29, 0.717) is 6.54 Å². The van der Waals surface area contributed by atoms with Crippen LogP contribution in [0.1, 0.15) is 25.3 Å². The van der Waals surface area contributed by atoms with Crippen molar-refractivity contribution >= 4 is 40.9 Å². The monoisotopic (exact) mass is 411 g/mol. The van der Waals surface area contributed by atoms with E-state index in [4.69, 9.17) is 0 Å². The molecule has 3 rings (SSSR count). The molecule has 0 bridgehead atoms. The summed E-state index contributed by atoms with van der Waals surface area (Å²) in [6.07, 6.45) is 0.984. The summed E-state index contributed by atoms with van der Waals surface area (Å²) in [7, 11) is 0. The highest BCUT2D eigenvalue weighted by Crippen LogP contribution is 2.34. The van der Waals surface area contributed by atoms with Crippen LogP contribution in [-0.2, 0) is 20.8 Å². The summed E-state index contributed by atoms with van der Waals surface area (Å²) in [6.45, 7) is 2.54. The average molecular weight is 412 g/mol. The number of carbonyl (C=O) groups excluding carboxylic acids is 3. The summed E-state index contributed by atoms with van der Waals surface area (Å²) in [5.41, 5.74) is 2.70. The first-order valence-corrected chi connectivity index (χ1v) is 10.7. The van der Waals surface area contributed by atoms with Crippen molar-refractivity contribution < 1.29 is 14.4 Å². The summed E-state index contributed by atoms with van der Waals surface area (Å²) >= 11 is 1.73. The van der Waals surface area contributed by atoms with Crippen LogP contribution in [0.15, 0.2) is 53.4 Å². The summed E-state index contributed by atoms with van der Waals surface area (Å²) in [6, 6.07) is 15.4. The van der Waals surface area contributed by atoms with Gasteiger partial charge < -0.3 is 15.5 Å². The molecule has 0 saturated carbocycles. The van der Waals surface area contributed by atoms with E-state index in [1.165, 1.54) is 0 Å². The lowest BCUT2D eigenvalue weighted by Gasteiger charge is -2.29. The smallest absolute Gasteiger partial charge is 0.243 e. The van der Waals surface area contributed by atoms with Crippen LogP contribution in [0.4, 0.5) is 11.4 Å². The Labute approximate surface area is 175 Å². The number of benzene rings is 2. The second kappa shape index (κ2) is 10.1. The zero-order valence-corrected chi connectivity index (χ0v) is 17.3. The third-order valence-electron chi connectivity index (χ3n) is 4.71. The molecule has 29 heavy (non-hydrogen) atoms. The van der Waals surface area contributed by atoms with Gasteiger partial charge in [0.2, 0.25) is 17.7 Å². The van der Waals surface area contributed by atoms with Gasteiger partial charge in [0.25, 0.3) is 0 Å². The molecule has 0 radical (unpaired) electrons. The number of hydrogen-bond donors (Lipinski definition) is 2. The third kappa shape index (κ3) is 5.60. The van der Waals surface area contributed by atoms with E-state index in [9.17, 15) is 14.4 Å². The number of anilines is 2. The first-order chi connectivity index (χ1) is 14.1. The molecular weight excluding hydrogens is 386 g/mol. The van der Waals surface area contributed by atoms with E-state index in [-0.39, 0.29) is 37.1 Å². The van der Waals surface area contributed by atoms with Crippen molar-refractivity contribution in [2.75, 3.05) is 29.1 Å². The van der Waals surface area contributed by atoms with Crippen molar-refractivity contribution in [3.8, 4) is 0 Å². The van der Waals surface area contributed by atoms with Gasteiger partial charge in [0.1, 0.15) is 0 Å². The van der Waals surface area contributed by atoms with Crippen LogP contribution in [0.3, 0.4) is 0 Å². The predicted octanol–water partition coefficient (Wildman–Crippen LogP) is 3.22. The van der Waals surface area contributed by atoms with E-state index in [1.807, 2.05) is 55.5 Å². The number of aryl methyl sites for hydroxylation is 1. The number of thioether (sulfide) groups is 1. The van der Waals surface area contributed by atoms with Crippen LogP contribution in [0.2, 0.25) is 0 Å². The van der Waals surface area contributed by atoms with Gasteiger partial charge in [0.15, 0.2) is 0 Å². The van der Waals surface area contributed by atoms with Gasteiger partial charge in [-0.3, -0.25) is 14.4 Å². The third-order valence-corrected chi connectivity index (χ3v) is 5.76. The molecule has 7 heteroatoms. The molecule has 3 amide bonds. The topological polar surface area (TPSA) is 78.5 Å². The second-order valence-electron chi connectivity index (χ2n) is 6.70. The molecule has 152 valence electrons. The fraction of sp³-hybridized carbons (Fsp3) is 0.318. The molecule has 2 aromatic carbocycles. The van der Waals surface area contributed by atoms with Gasteiger partial charge in [-0.2, -0.15) is 0 Å². The molecule has 0 spiro atoms. The summed E-state index contributed by atoms with van der Waals surface area (Å²) in [5, 5.41) is 5.41. The lowest BCUT2D eigenvalue weighted by atomic mass is 10.1. The SMILES string of the molecule is CCc1ccccc1NC(=O)CNC(=O)CCC(=O)N1CCSc2ccccc21. The Kier molecular flexibility index (Phi) is 7.30. The van der Waals surface area contributed by atoms with Crippen LogP contribution in [0.25, 0.3) is 0 Å². The normalized spacial score (nSPS) is 12.8. The van der Waals surface area contributed by atoms with E-state index in [2.05, 4.69) is 10.6 Å². The molecule has 1 heterocycles. The van der Waals surface area contributed by atoms with E-state index in [0.717, 1.165) is 34.0 Å². The van der Waals surface area contributed by atoms with Gasteiger partial charge in [-0.05, 0) is 30.2 Å². The van der Waals surface area contributed by atoms with Gasteiger partial charge in [-0.1, -0.05) is 37.3 Å². The van der Waals surface area contributed by atoms with Crippen LogP contribution in [0.5, 0.6) is 0 Å². The molecule has 1 aliphatic rings. The predicted molar refractivity (Wildman–Crippen MR) is 116 cm³/mol. The largest absolute Gasteiger partial charge is 0.347 e. The number of nitrogens with zero attached hydrogens (tertiary/aromatic N) is 1. The Bertz CT molecular complexity index is 900. The quantitative estimate of drug-likeness (QED) is 0.733. The zero-order valence-electron chi connectivity index (χ0n) is 16.4. The molecule has 2 N–H and O–H groups in total. The summed E-state index contributed by atoms with van der Waals surface area (Å²) < 4.78 is 0. The number of rotatable bonds is 7.